The van der Waals surface area contributed by atoms with Crippen molar-refractivity contribution in [3.8, 4) is 17.6 Å². The van der Waals surface area contributed by atoms with E-state index in [1.165, 1.54) is 70.5 Å². The normalized spacial score (nSPS) is 26.2. The molecular weight excluding hydrogens is 432 g/mol. The predicted molar refractivity (Wildman–Crippen MR) is 140 cm³/mol. The molecule has 6 rings (SSSR count). The topological polar surface area (TPSA) is 35.5 Å². The Morgan fingerprint density at radius 3 is 2.14 bits per heavy atom. The highest BCUT2D eigenvalue weighted by Gasteiger charge is 2.52. The van der Waals surface area contributed by atoms with Crippen LogP contribution in [0.15, 0.2) is 42.5 Å². The van der Waals surface area contributed by atoms with E-state index in [4.69, 9.17) is 9.47 Å². The third-order valence-corrected chi connectivity index (χ3v) is 8.50. The van der Waals surface area contributed by atoms with Gasteiger partial charge in [0, 0.05) is 16.7 Å². The molecular formula is C32H38O3. The molecule has 0 spiro atoms. The fourth-order valence-corrected chi connectivity index (χ4v) is 7.25. The first-order valence-corrected chi connectivity index (χ1v) is 13.6. The molecule has 4 aliphatic carbocycles. The molecule has 184 valence electrons. The van der Waals surface area contributed by atoms with Gasteiger partial charge in [-0.15, -0.1) is 0 Å². The Morgan fingerprint density at radius 2 is 1.51 bits per heavy atom. The van der Waals surface area contributed by atoms with Crippen molar-refractivity contribution in [2.75, 3.05) is 13.7 Å². The average Bonchev–Trinajstić information content (AvgIpc) is 2.87. The molecule has 3 heteroatoms. The Balaban J connectivity index is 1.40. The van der Waals surface area contributed by atoms with Crippen molar-refractivity contribution in [2.24, 2.45) is 17.8 Å². The lowest BCUT2D eigenvalue weighted by Gasteiger charge is -2.57. The smallest absolute Gasteiger partial charge is 0.337 e. The molecule has 0 aliphatic heterocycles. The molecule has 2 aromatic carbocycles. The van der Waals surface area contributed by atoms with E-state index in [2.05, 4.69) is 37.0 Å². The lowest BCUT2D eigenvalue weighted by Crippen LogP contribution is -2.48. The predicted octanol–water partition coefficient (Wildman–Crippen LogP) is 7.30. The van der Waals surface area contributed by atoms with Gasteiger partial charge >= 0.3 is 5.97 Å². The van der Waals surface area contributed by atoms with Gasteiger partial charge in [0.1, 0.15) is 5.75 Å². The minimum absolute atomic E-state index is 0.271. The van der Waals surface area contributed by atoms with Crippen LogP contribution in [-0.4, -0.2) is 19.7 Å². The lowest BCUT2D eigenvalue weighted by atomic mass is 9.48. The minimum atomic E-state index is -0.324. The van der Waals surface area contributed by atoms with Gasteiger partial charge in [0.15, 0.2) is 0 Å². The van der Waals surface area contributed by atoms with Crippen molar-refractivity contribution in [3.05, 3.63) is 64.7 Å². The Hall–Kier alpha value is -2.73. The van der Waals surface area contributed by atoms with Gasteiger partial charge in [-0.2, -0.15) is 0 Å². The SMILES string of the molecule is CCCCCCOc1ccc(C#Cc2ccc(C(=O)OC)cc2)cc1C12CC3CC(CC(C3)C1)C2. The first kappa shape index (κ1) is 24.0. The van der Waals surface area contributed by atoms with E-state index in [1.807, 2.05) is 12.1 Å². The summed E-state index contributed by atoms with van der Waals surface area (Å²) in [5.41, 5.74) is 4.17. The number of esters is 1. The van der Waals surface area contributed by atoms with E-state index >= 15 is 0 Å². The summed E-state index contributed by atoms with van der Waals surface area (Å²) in [7, 11) is 1.40. The highest BCUT2D eigenvalue weighted by Crippen LogP contribution is 2.62. The quantitative estimate of drug-likeness (QED) is 0.231. The second-order valence-electron chi connectivity index (χ2n) is 11.1. The molecule has 0 N–H and O–H groups in total. The standard InChI is InChI=1S/C32H38O3/c1-3-4-5-6-15-35-30-14-11-24(8-7-23-9-12-28(13-10-23)31(33)34-2)19-29(30)32-20-25-16-26(21-32)18-27(17-25)22-32/h9-14,19,25-27H,3-6,15-18,20-22H2,1-2H3. The average molecular weight is 471 g/mol. The first-order chi connectivity index (χ1) is 17.1. The summed E-state index contributed by atoms with van der Waals surface area (Å²) >= 11 is 0. The van der Waals surface area contributed by atoms with Crippen molar-refractivity contribution in [2.45, 2.75) is 76.5 Å². The maximum Gasteiger partial charge on any atom is 0.337 e. The molecule has 0 unspecified atom stereocenters. The molecule has 4 saturated carbocycles. The van der Waals surface area contributed by atoms with Crippen LogP contribution in [0.1, 0.15) is 98.2 Å². The zero-order valence-corrected chi connectivity index (χ0v) is 21.3. The van der Waals surface area contributed by atoms with Gasteiger partial charge in [0.05, 0.1) is 19.3 Å². The molecule has 0 radical (unpaired) electrons. The number of carbonyl (C=O) groups is 1. The van der Waals surface area contributed by atoms with E-state index in [-0.39, 0.29) is 11.4 Å². The monoisotopic (exact) mass is 470 g/mol. The molecule has 0 atom stereocenters. The van der Waals surface area contributed by atoms with E-state index in [1.54, 1.807) is 12.1 Å². The molecule has 0 heterocycles. The largest absolute Gasteiger partial charge is 0.493 e. The van der Waals surface area contributed by atoms with Crippen LogP contribution < -0.4 is 4.74 Å². The third-order valence-electron chi connectivity index (χ3n) is 8.50. The van der Waals surface area contributed by atoms with Crippen LogP contribution in [0.2, 0.25) is 0 Å². The molecule has 4 bridgehead atoms. The summed E-state index contributed by atoms with van der Waals surface area (Å²) < 4.78 is 11.2. The number of rotatable bonds is 8. The molecule has 35 heavy (non-hydrogen) atoms. The Bertz CT molecular complexity index is 1070. The van der Waals surface area contributed by atoms with Gasteiger partial charge in [-0.1, -0.05) is 38.0 Å². The molecule has 0 saturated heterocycles. The van der Waals surface area contributed by atoms with Crippen LogP contribution in [0.4, 0.5) is 0 Å². The fraction of sp³-hybridized carbons (Fsp3) is 0.531. The van der Waals surface area contributed by atoms with Crippen LogP contribution in [0.3, 0.4) is 0 Å². The summed E-state index contributed by atoms with van der Waals surface area (Å²) in [6.07, 6.45) is 13.1. The van der Waals surface area contributed by atoms with Crippen molar-refractivity contribution in [1.29, 1.82) is 0 Å². The molecule has 0 amide bonds. The maximum atomic E-state index is 11.7. The fourth-order valence-electron chi connectivity index (χ4n) is 7.25. The Morgan fingerprint density at radius 1 is 0.886 bits per heavy atom. The highest BCUT2D eigenvalue weighted by molar-refractivity contribution is 5.89. The number of ether oxygens (including phenoxy) is 2. The highest BCUT2D eigenvalue weighted by atomic mass is 16.5. The molecule has 3 nitrogen and oxygen atoms in total. The third kappa shape index (κ3) is 5.27. The van der Waals surface area contributed by atoms with Gasteiger partial charge in [-0.3, -0.25) is 0 Å². The van der Waals surface area contributed by atoms with Gasteiger partial charge in [0.25, 0.3) is 0 Å². The molecule has 2 aromatic rings. The zero-order chi connectivity index (χ0) is 24.3. The van der Waals surface area contributed by atoms with Gasteiger partial charge in [-0.25, -0.2) is 4.79 Å². The van der Waals surface area contributed by atoms with Gasteiger partial charge in [0.2, 0.25) is 0 Å². The van der Waals surface area contributed by atoms with E-state index in [9.17, 15) is 4.79 Å². The summed E-state index contributed by atoms with van der Waals surface area (Å²) in [6.45, 7) is 3.05. The van der Waals surface area contributed by atoms with Crippen molar-refractivity contribution < 1.29 is 14.3 Å². The number of unbranched alkanes of at least 4 members (excludes halogenated alkanes) is 3. The van der Waals surface area contributed by atoms with Crippen LogP contribution in [0, 0.1) is 29.6 Å². The van der Waals surface area contributed by atoms with Crippen LogP contribution in [0.25, 0.3) is 0 Å². The van der Waals surface area contributed by atoms with Crippen molar-refractivity contribution in [1.82, 2.24) is 0 Å². The number of benzene rings is 2. The van der Waals surface area contributed by atoms with E-state index in [0.717, 1.165) is 47.7 Å². The molecule has 0 aromatic heterocycles. The van der Waals surface area contributed by atoms with E-state index < -0.39 is 0 Å². The van der Waals surface area contributed by atoms with Gasteiger partial charge < -0.3 is 9.47 Å². The van der Waals surface area contributed by atoms with Crippen molar-refractivity contribution >= 4 is 5.97 Å². The Kier molecular flexibility index (Phi) is 7.19. The summed E-state index contributed by atoms with van der Waals surface area (Å²) in [4.78, 5) is 11.7. The van der Waals surface area contributed by atoms with Crippen LogP contribution in [-0.2, 0) is 10.2 Å². The Labute approximate surface area is 210 Å². The van der Waals surface area contributed by atoms with Crippen LogP contribution in [0.5, 0.6) is 5.75 Å². The number of carbonyl (C=O) groups excluding carboxylic acids is 1. The zero-order valence-electron chi connectivity index (χ0n) is 21.3. The second kappa shape index (κ2) is 10.5. The second-order valence-corrected chi connectivity index (χ2v) is 11.1. The number of hydrogen-bond donors (Lipinski definition) is 0. The van der Waals surface area contributed by atoms with Crippen molar-refractivity contribution in [3.63, 3.8) is 0 Å². The van der Waals surface area contributed by atoms with Gasteiger partial charge in [-0.05, 0) is 111 Å². The minimum Gasteiger partial charge on any atom is -0.493 e. The molecule has 4 aliphatic rings. The number of hydrogen-bond acceptors (Lipinski definition) is 3. The summed E-state index contributed by atoms with van der Waals surface area (Å²) in [5, 5.41) is 0. The number of methoxy groups -OCH3 is 1. The maximum absolute atomic E-state index is 11.7. The van der Waals surface area contributed by atoms with E-state index in [0.29, 0.717) is 5.56 Å². The van der Waals surface area contributed by atoms with Crippen LogP contribution >= 0.6 is 0 Å². The molecule has 4 fully saturated rings. The summed E-state index contributed by atoms with van der Waals surface area (Å²) in [5.74, 6) is 10.1. The lowest BCUT2D eigenvalue weighted by molar-refractivity contribution is -0.00641. The first-order valence-electron chi connectivity index (χ1n) is 13.6. The summed E-state index contributed by atoms with van der Waals surface area (Å²) in [6, 6.07) is 13.9.